The Labute approximate surface area is 100 Å². The number of amides is 1. The van der Waals surface area contributed by atoms with Gasteiger partial charge in [0.1, 0.15) is 0 Å². The number of thioether (sulfide) groups is 1. The van der Waals surface area contributed by atoms with Gasteiger partial charge >= 0.3 is 0 Å². The Bertz CT molecular complexity index is 266. The van der Waals surface area contributed by atoms with Crippen molar-refractivity contribution in [2.45, 2.75) is 32.7 Å². The standard InChI is InChI=1S/C11H19NO3S/c1-3-10(6-13)12-5-9(4-11(12)15)7-16-8(2)14/h9-10,13H,3-7H2,1-2H3/t9?,10-/m0/s1. The first-order valence-corrected chi connectivity index (χ1v) is 6.60. The number of hydrogen-bond donors (Lipinski definition) is 1. The second-order valence-electron chi connectivity index (χ2n) is 4.16. The molecule has 0 spiro atoms. The van der Waals surface area contributed by atoms with E-state index in [4.69, 9.17) is 5.11 Å². The molecule has 0 aliphatic carbocycles. The molecule has 0 radical (unpaired) electrons. The van der Waals surface area contributed by atoms with Gasteiger partial charge < -0.3 is 10.0 Å². The molecule has 0 bridgehead atoms. The summed E-state index contributed by atoms with van der Waals surface area (Å²) in [6, 6.07) is -0.0557. The van der Waals surface area contributed by atoms with Crippen LogP contribution in [0.15, 0.2) is 0 Å². The lowest BCUT2D eigenvalue weighted by molar-refractivity contribution is -0.130. The molecule has 16 heavy (non-hydrogen) atoms. The van der Waals surface area contributed by atoms with Crippen LogP contribution in [0.4, 0.5) is 0 Å². The molecule has 1 unspecified atom stereocenters. The molecule has 92 valence electrons. The number of carbonyl (C=O) groups excluding carboxylic acids is 2. The minimum Gasteiger partial charge on any atom is -0.394 e. The molecule has 0 saturated carbocycles. The summed E-state index contributed by atoms with van der Waals surface area (Å²) >= 11 is 1.28. The van der Waals surface area contributed by atoms with E-state index >= 15 is 0 Å². The molecule has 0 aromatic heterocycles. The van der Waals surface area contributed by atoms with Gasteiger partial charge in [-0.2, -0.15) is 0 Å². The fraction of sp³-hybridized carbons (Fsp3) is 0.818. The van der Waals surface area contributed by atoms with Crippen molar-refractivity contribution >= 4 is 22.8 Å². The second-order valence-corrected chi connectivity index (χ2v) is 5.36. The SMILES string of the molecule is CC[C@@H](CO)N1CC(CSC(C)=O)CC1=O. The maximum Gasteiger partial charge on any atom is 0.223 e. The van der Waals surface area contributed by atoms with E-state index in [9.17, 15) is 9.59 Å². The largest absolute Gasteiger partial charge is 0.394 e. The van der Waals surface area contributed by atoms with Gasteiger partial charge in [-0.3, -0.25) is 9.59 Å². The van der Waals surface area contributed by atoms with Crippen LogP contribution in [-0.4, -0.2) is 46.0 Å². The summed E-state index contributed by atoms with van der Waals surface area (Å²) < 4.78 is 0. The van der Waals surface area contributed by atoms with Crippen molar-refractivity contribution in [3.63, 3.8) is 0 Å². The summed E-state index contributed by atoms with van der Waals surface area (Å²) in [7, 11) is 0. The van der Waals surface area contributed by atoms with Crippen LogP contribution in [0.5, 0.6) is 0 Å². The lowest BCUT2D eigenvalue weighted by atomic mass is 10.1. The highest BCUT2D eigenvalue weighted by atomic mass is 32.2. The maximum atomic E-state index is 11.7. The minimum absolute atomic E-state index is 0.0226. The molecule has 1 N–H and O–H groups in total. The fourth-order valence-corrected chi connectivity index (χ4v) is 2.65. The van der Waals surface area contributed by atoms with E-state index in [0.29, 0.717) is 18.7 Å². The highest BCUT2D eigenvalue weighted by Crippen LogP contribution is 2.24. The third-order valence-corrected chi connectivity index (χ3v) is 3.93. The third kappa shape index (κ3) is 3.49. The Morgan fingerprint density at radius 2 is 2.38 bits per heavy atom. The van der Waals surface area contributed by atoms with Crippen LogP contribution in [0.25, 0.3) is 0 Å². The molecule has 0 aromatic carbocycles. The van der Waals surface area contributed by atoms with Crippen molar-refractivity contribution < 1.29 is 14.7 Å². The highest BCUT2D eigenvalue weighted by molar-refractivity contribution is 8.13. The summed E-state index contributed by atoms with van der Waals surface area (Å²) in [6.07, 6.45) is 1.28. The zero-order valence-corrected chi connectivity index (χ0v) is 10.6. The molecule has 2 atom stereocenters. The van der Waals surface area contributed by atoms with Gasteiger partial charge in [0.15, 0.2) is 5.12 Å². The number of aliphatic hydroxyl groups excluding tert-OH is 1. The predicted molar refractivity (Wildman–Crippen MR) is 64.1 cm³/mol. The normalized spacial score (nSPS) is 22.6. The Morgan fingerprint density at radius 3 is 2.88 bits per heavy atom. The van der Waals surface area contributed by atoms with Crippen molar-refractivity contribution in [3.05, 3.63) is 0 Å². The van der Waals surface area contributed by atoms with Gasteiger partial charge in [-0.15, -0.1) is 0 Å². The van der Waals surface area contributed by atoms with Crippen LogP contribution in [0.2, 0.25) is 0 Å². The molecule has 1 saturated heterocycles. The zero-order chi connectivity index (χ0) is 12.1. The lowest BCUT2D eigenvalue weighted by Crippen LogP contribution is -2.38. The Hall–Kier alpha value is -0.550. The number of rotatable bonds is 5. The van der Waals surface area contributed by atoms with E-state index in [1.807, 2.05) is 6.92 Å². The van der Waals surface area contributed by atoms with Crippen LogP contribution in [0.1, 0.15) is 26.7 Å². The first-order chi connectivity index (χ1) is 7.58. The van der Waals surface area contributed by atoms with Crippen molar-refractivity contribution in [1.29, 1.82) is 0 Å². The van der Waals surface area contributed by atoms with Crippen LogP contribution >= 0.6 is 11.8 Å². The zero-order valence-electron chi connectivity index (χ0n) is 9.81. The summed E-state index contributed by atoms with van der Waals surface area (Å²) in [4.78, 5) is 24.3. The van der Waals surface area contributed by atoms with Crippen LogP contribution in [0.3, 0.4) is 0 Å². The average Bonchev–Trinajstić information content (AvgIpc) is 2.59. The predicted octanol–water partition coefficient (Wildman–Crippen LogP) is 0.885. The van der Waals surface area contributed by atoms with Crippen molar-refractivity contribution in [1.82, 2.24) is 4.90 Å². The Morgan fingerprint density at radius 1 is 1.69 bits per heavy atom. The van der Waals surface area contributed by atoms with E-state index in [1.165, 1.54) is 11.8 Å². The molecule has 0 aromatic rings. The maximum absolute atomic E-state index is 11.7. The number of likely N-dealkylation sites (tertiary alicyclic amines) is 1. The molecular formula is C11H19NO3S. The summed E-state index contributed by atoms with van der Waals surface area (Å²) in [5, 5.41) is 9.25. The van der Waals surface area contributed by atoms with Crippen molar-refractivity contribution in [2.24, 2.45) is 5.92 Å². The highest BCUT2D eigenvalue weighted by Gasteiger charge is 2.33. The molecule has 1 heterocycles. The van der Waals surface area contributed by atoms with E-state index in [-0.39, 0.29) is 29.6 Å². The number of carbonyl (C=O) groups is 2. The van der Waals surface area contributed by atoms with Gasteiger partial charge in [0.05, 0.1) is 12.6 Å². The van der Waals surface area contributed by atoms with Gasteiger partial charge in [-0.05, 0) is 12.3 Å². The molecule has 1 aliphatic heterocycles. The number of aliphatic hydroxyl groups is 1. The number of nitrogens with zero attached hydrogens (tertiary/aromatic N) is 1. The van der Waals surface area contributed by atoms with Gasteiger partial charge in [0, 0.05) is 25.6 Å². The van der Waals surface area contributed by atoms with E-state index in [0.717, 1.165) is 6.42 Å². The molecule has 5 heteroatoms. The molecular weight excluding hydrogens is 226 g/mol. The molecule has 1 fully saturated rings. The summed E-state index contributed by atoms with van der Waals surface area (Å²) in [5.74, 6) is 1.07. The quantitative estimate of drug-likeness (QED) is 0.781. The van der Waals surface area contributed by atoms with Gasteiger partial charge in [0.25, 0.3) is 0 Å². The smallest absolute Gasteiger partial charge is 0.223 e. The minimum atomic E-state index is -0.0557. The van der Waals surface area contributed by atoms with Gasteiger partial charge in [0.2, 0.25) is 5.91 Å². The van der Waals surface area contributed by atoms with Crippen LogP contribution in [0, 0.1) is 5.92 Å². The fourth-order valence-electron chi connectivity index (χ4n) is 1.96. The molecule has 1 rings (SSSR count). The van der Waals surface area contributed by atoms with Crippen molar-refractivity contribution in [2.75, 3.05) is 18.9 Å². The van der Waals surface area contributed by atoms with Crippen LogP contribution < -0.4 is 0 Å². The summed E-state index contributed by atoms with van der Waals surface area (Å²) in [5.41, 5.74) is 0. The second kappa shape index (κ2) is 6.25. The van der Waals surface area contributed by atoms with Crippen LogP contribution in [-0.2, 0) is 9.59 Å². The molecule has 1 aliphatic rings. The third-order valence-electron chi connectivity index (χ3n) is 2.88. The van der Waals surface area contributed by atoms with E-state index in [1.54, 1.807) is 11.8 Å². The Kier molecular flexibility index (Phi) is 5.28. The first kappa shape index (κ1) is 13.5. The number of hydrogen-bond acceptors (Lipinski definition) is 4. The van der Waals surface area contributed by atoms with Gasteiger partial charge in [-0.1, -0.05) is 18.7 Å². The van der Waals surface area contributed by atoms with Crippen molar-refractivity contribution in [3.8, 4) is 0 Å². The molecule has 1 amide bonds. The van der Waals surface area contributed by atoms with E-state index in [2.05, 4.69) is 0 Å². The lowest BCUT2D eigenvalue weighted by Gasteiger charge is -2.25. The Balaban J connectivity index is 2.46. The molecule has 4 nitrogen and oxygen atoms in total. The van der Waals surface area contributed by atoms with E-state index < -0.39 is 0 Å². The summed E-state index contributed by atoms with van der Waals surface area (Å²) in [6.45, 7) is 4.21. The average molecular weight is 245 g/mol. The van der Waals surface area contributed by atoms with Gasteiger partial charge in [-0.25, -0.2) is 0 Å². The first-order valence-electron chi connectivity index (χ1n) is 5.62. The monoisotopic (exact) mass is 245 g/mol. The topological polar surface area (TPSA) is 57.6 Å².